The van der Waals surface area contributed by atoms with E-state index in [1.807, 2.05) is 4.57 Å². The van der Waals surface area contributed by atoms with Crippen LogP contribution in [-0.2, 0) is 16.1 Å². The Morgan fingerprint density at radius 2 is 2.24 bits per heavy atom. The highest BCUT2D eigenvalue weighted by Crippen LogP contribution is 2.33. The van der Waals surface area contributed by atoms with Crippen molar-refractivity contribution < 1.29 is 18.7 Å². The first-order chi connectivity index (χ1) is 14.0. The predicted octanol–water partition coefficient (Wildman–Crippen LogP) is 4.55. The SMILES string of the molecule is CCOC(=O)CSc1csc(NC(=O)c2cn(CC3CC3)c3cc(F)ccc23)n1. The van der Waals surface area contributed by atoms with Crippen molar-refractivity contribution in [1.82, 2.24) is 9.55 Å². The highest BCUT2D eigenvalue weighted by molar-refractivity contribution is 8.00. The van der Waals surface area contributed by atoms with E-state index in [4.69, 9.17) is 4.74 Å². The Bertz CT molecular complexity index is 1060. The van der Waals surface area contributed by atoms with Crippen LogP contribution in [0.25, 0.3) is 10.9 Å². The zero-order valence-corrected chi connectivity index (χ0v) is 17.4. The summed E-state index contributed by atoms with van der Waals surface area (Å²) >= 11 is 2.55. The number of nitrogens with one attached hydrogen (secondary N) is 1. The Balaban J connectivity index is 1.48. The summed E-state index contributed by atoms with van der Waals surface area (Å²) in [4.78, 5) is 28.6. The molecule has 1 amide bonds. The molecule has 9 heteroatoms. The van der Waals surface area contributed by atoms with Crippen LogP contribution in [-0.4, -0.2) is 33.8 Å². The number of amides is 1. The summed E-state index contributed by atoms with van der Waals surface area (Å²) in [6.07, 6.45) is 4.13. The van der Waals surface area contributed by atoms with Crippen LogP contribution in [0.2, 0.25) is 0 Å². The minimum atomic E-state index is -0.317. The lowest BCUT2D eigenvalue weighted by molar-refractivity contribution is -0.139. The van der Waals surface area contributed by atoms with Crippen LogP contribution >= 0.6 is 23.1 Å². The molecule has 0 aliphatic heterocycles. The highest BCUT2D eigenvalue weighted by atomic mass is 32.2. The Hall–Kier alpha value is -2.39. The summed E-state index contributed by atoms with van der Waals surface area (Å²) < 4.78 is 20.6. The number of anilines is 1. The molecule has 0 atom stereocenters. The second kappa shape index (κ2) is 8.54. The number of aromatic nitrogens is 2. The van der Waals surface area contributed by atoms with Gasteiger partial charge in [0.1, 0.15) is 10.8 Å². The first-order valence-corrected chi connectivity index (χ1v) is 11.2. The van der Waals surface area contributed by atoms with Crippen molar-refractivity contribution in [3.8, 4) is 0 Å². The zero-order valence-electron chi connectivity index (χ0n) is 15.8. The maximum atomic E-state index is 13.7. The summed E-state index contributed by atoms with van der Waals surface area (Å²) in [6.45, 7) is 2.89. The Labute approximate surface area is 175 Å². The van der Waals surface area contributed by atoms with Crippen molar-refractivity contribution in [2.75, 3.05) is 17.7 Å². The second-order valence-corrected chi connectivity index (χ2v) is 8.69. The molecule has 1 saturated carbocycles. The van der Waals surface area contributed by atoms with Crippen molar-refractivity contribution in [1.29, 1.82) is 0 Å². The lowest BCUT2D eigenvalue weighted by Crippen LogP contribution is -2.11. The fourth-order valence-corrected chi connectivity index (χ4v) is 4.61. The normalized spacial score (nSPS) is 13.6. The monoisotopic (exact) mass is 433 g/mol. The molecular weight excluding hydrogens is 413 g/mol. The molecule has 0 spiro atoms. The van der Waals surface area contributed by atoms with Crippen LogP contribution < -0.4 is 5.32 Å². The minimum Gasteiger partial charge on any atom is -0.465 e. The molecule has 0 bridgehead atoms. The van der Waals surface area contributed by atoms with E-state index >= 15 is 0 Å². The maximum absolute atomic E-state index is 13.7. The smallest absolute Gasteiger partial charge is 0.316 e. The van der Waals surface area contributed by atoms with Crippen LogP contribution in [0, 0.1) is 11.7 Å². The number of thiazole rings is 1. The highest BCUT2D eigenvalue weighted by Gasteiger charge is 2.24. The fraction of sp³-hybridized carbons (Fsp3) is 0.350. The molecule has 1 aromatic carbocycles. The van der Waals surface area contributed by atoms with Gasteiger partial charge < -0.3 is 9.30 Å². The topological polar surface area (TPSA) is 73.2 Å². The molecule has 2 heterocycles. The standard InChI is InChI=1S/C20H20FN3O3S2/c1-2-27-18(25)11-28-17-10-29-20(22-17)23-19(26)15-9-24(8-12-3-4-12)16-7-13(21)5-6-14(15)16/h5-7,9-10,12H,2-4,8,11H2,1H3,(H,22,23,26). The molecule has 1 aliphatic carbocycles. The molecule has 3 aromatic rings. The number of ether oxygens (including phenoxy) is 1. The van der Waals surface area contributed by atoms with Crippen molar-refractivity contribution in [3.05, 3.63) is 41.2 Å². The van der Waals surface area contributed by atoms with E-state index in [0.717, 1.165) is 17.4 Å². The lowest BCUT2D eigenvalue weighted by Gasteiger charge is -2.02. The van der Waals surface area contributed by atoms with Gasteiger partial charge in [-0.2, -0.15) is 0 Å². The number of fused-ring (bicyclic) bond motifs is 1. The summed E-state index contributed by atoms with van der Waals surface area (Å²) in [6, 6.07) is 4.49. The summed E-state index contributed by atoms with van der Waals surface area (Å²) in [7, 11) is 0. The number of hydrogen-bond acceptors (Lipinski definition) is 6. The van der Waals surface area contributed by atoms with E-state index in [2.05, 4.69) is 10.3 Å². The Morgan fingerprint density at radius 3 is 3.00 bits per heavy atom. The van der Waals surface area contributed by atoms with E-state index in [0.29, 0.717) is 28.2 Å². The van der Waals surface area contributed by atoms with Crippen molar-refractivity contribution in [3.63, 3.8) is 0 Å². The Kier molecular flexibility index (Phi) is 5.86. The zero-order chi connectivity index (χ0) is 20.4. The van der Waals surface area contributed by atoms with Crippen LogP contribution in [0.3, 0.4) is 0 Å². The summed E-state index contributed by atoms with van der Waals surface area (Å²) in [5.74, 6) is -0.129. The first kappa shape index (κ1) is 19.9. The van der Waals surface area contributed by atoms with Gasteiger partial charge in [0.25, 0.3) is 5.91 Å². The van der Waals surface area contributed by atoms with Gasteiger partial charge in [0.05, 0.1) is 23.4 Å². The van der Waals surface area contributed by atoms with Crippen molar-refractivity contribution in [2.45, 2.75) is 31.3 Å². The second-order valence-electron chi connectivity index (χ2n) is 6.84. The van der Waals surface area contributed by atoms with Gasteiger partial charge >= 0.3 is 5.97 Å². The van der Waals surface area contributed by atoms with Crippen LogP contribution in [0.4, 0.5) is 9.52 Å². The fourth-order valence-electron chi connectivity index (χ4n) is 3.06. The van der Waals surface area contributed by atoms with Gasteiger partial charge in [-0.25, -0.2) is 9.37 Å². The molecule has 152 valence electrons. The molecule has 1 N–H and O–H groups in total. The van der Waals surface area contributed by atoms with E-state index in [1.165, 1.54) is 48.1 Å². The minimum absolute atomic E-state index is 0.172. The van der Waals surface area contributed by atoms with Gasteiger partial charge in [-0.15, -0.1) is 11.3 Å². The molecule has 29 heavy (non-hydrogen) atoms. The molecule has 1 fully saturated rings. The van der Waals surface area contributed by atoms with Crippen molar-refractivity contribution in [2.24, 2.45) is 5.92 Å². The van der Waals surface area contributed by atoms with Gasteiger partial charge in [-0.3, -0.25) is 14.9 Å². The number of esters is 1. The molecule has 0 radical (unpaired) electrons. The van der Waals surface area contributed by atoms with E-state index in [1.54, 1.807) is 24.6 Å². The van der Waals surface area contributed by atoms with Crippen LogP contribution in [0.15, 0.2) is 34.8 Å². The third-order valence-electron chi connectivity index (χ3n) is 4.59. The van der Waals surface area contributed by atoms with E-state index in [-0.39, 0.29) is 23.4 Å². The number of rotatable bonds is 8. The molecule has 2 aromatic heterocycles. The molecule has 1 aliphatic rings. The molecule has 0 unspecified atom stereocenters. The van der Waals surface area contributed by atoms with Crippen LogP contribution in [0.1, 0.15) is 30.1 Å². The number of carbonyl (C=O) groups is 2. The third kappa shape index (κ3) is 4.79. The average Bonchev–Trinajstić information content (AvgIpc) is 3.28. The molecular formula is C20H20FN3O3S2. The van der Waals surface area contributed by atoms with Gasteiger partial charge in [-0.1, -0.05) is 11.8 Å². The van der Waals surface area contributed by atoms with E-state index < -0.39 is 0 Å². The van der Waals surface area contributed by atoms with Gasteiger partial charge in [0, 0.05) is 23.5 Å². The number of thioether (sulfide) groups is 1. The van der Waals surface area contributed by atoms with Crippen molar-refractivity contribution >= 4 is 51.0 Å². The lowest BCUT2D eigenvalue weighted by atomic mass is 10.1. The van der Waals surface area contributed by atoms with Gasteiger partial charge in [0.2, 0.25) is 0 Å². The molecule has 6 nitrogen and oxygen atoms in total. The van der Waals surface area contributed by atoms with Crippen LogP contribution in [0.5, 0.6) is 0 Å². The van der Waals surface area contributed by atoms with E-state index in [9.17, 15) is 14.0 Å². The molecule has 4 rings (SSSR count). The number of hydrogen-bond donors (Lipinski definition) is 1. The van der Waals surface area contributed by atoms with Gasteiger partial charge in [-0.05, 0) is 43.9 Å². The number of benzene rings is 1. The number of nitrogens with zero attached hydrogens (tertiary/aromatic N) is 2. The Morgan fingerprint density at radius 1 is 1.41 bits per heavy atom. The van der Waals surface area contributed by atoms with Gasteiger partial charge in [0.15, 0.2) is 5.13 Å². The quantitative estimate of drug-likeness (QED) is 0.417. The first-order valence-electron chi connectivity index (χ1n) is 9.37. The number of halogens is 1. The predicted molar refractivity (Wildman–Crippen MR) is 112 cm³/mol. The summed E-state index contributed by atoms with van der Waals surface area (Å²) in [5, 5.41) is 6.42. The average molecular weight is 434 g/mol. The summed E-state index contributed by atoms with van der Waals surface area (Å²) in [5.41, 5.74) is 1.23. The largest absolute Gasteiger partial charge is 0.465 e. The molecule has 0 saturated heterocycles. The third-order valence-corrected chi connectivity index (χ3v) is 6.38. The number of carbonyl (C=O) groups excluding carboxylic acids is 2. The maximum Gasteiger partial charge on any atom is 0.316 e.